The van der Waals surface area contributed by atoms with E-state index in [0.29, 0.717) is 0 Å². The Morgan fingerprint density at radius 3 is 2.65 bits per heavy atom. The van der Waals surface area contributed by atoms with Crippen molar-refractivity contribution >= 4 is 0 Å². The summed E-state index contributed by atoms with van der Waals surface area (Å²) in [6, 6.07) is 6.07. The highest BCUT2D eigenvalue weighted by atomic mass is 16.3. The van der Waals surface area contributed by atoms with Gasteiger partial charge in [0.2, 0.25) is 0 Å². The normalized spacial score (nSPS) is 11.4. The van der Waals surface area contributed by atoms with Crippen LogP contribution in [0.25, 0.3) is 0 Å². The third kappa shape index (κ3) is 3.99. The van der Waals surface area contributed by atoms with Crippen LogP contribution < -0.4 is 5.32 Å². The van der Waals surface area contributed by atoms with Gasteiger partial charge in [0.05, 0.1) is 25.9 Å². The zero-order chi connectivity index (χ0) is 14.4. The highest BCUT2D eigenvalue weighted by Gasteiger charge is 2.12. The van der Waals surface area contributed by atoms with E-state index >= 15 is 0 Å². The number of nitrogens with one attached hydrogen (secondary N) is 1. The smallest absolute Gasteiger partial charge is 0.120 e. The Hall–Kier alpha value is -1.52. The number of nitrogens with zero attached hydrogens (tertiary/aromatic N) is 1. The largest absolute Gasteiger partial charge is 0.468 e. The molecule has 0 fully saturated rings. The third-order valence-corrected chi connectivity index (χ3v) is 3.39. The van der Waals surface area contributed by atoms with Crippen molar-refractivity contribution in [1.29, 1.82) is 0 Å². The van der Waals surface area contributed by atoms with Gasteiger partial charge in [-0.3, -0.25) is 4.90 Å². The average molecular weight is 276 g/mol. The van der Waals surface area contributed by atoms with E-state index in [0.717, 1.165) is 50.0 Å². The van der Waals surface area contributed by atoms with E-state index in [9.17, 15) is 0 Å². The van der Waals surface area contributed by atoms with Gasteiger partial charge in [-0.25, -0.2) is 0 Å². The molecule has 4 heteroatoms. The molecule has 0 aromatic carbocycles. The molecule has 0 radical (unpaired) electrons. The minimum Gasteiger partial charge on any atom is -0.468 e. The molecule has 0 amide bonds. The van der Waals surface area contributed by atoms with Crippen molar-refractivity contribution in [1.82, 2.24) is 10.2 Å². The van der Waals surface area contributed by atoms with E-state index < -0.39 is 0 Å². The van der Waals surface area contributed by atoms with Gasteiger partial charge in [0.15, 0.2) is 0 Å². The van der Waals surface area contributed by atoms with Crippen LogP contribution in [0.1, 0.15) is 36.7 Å². The minimum absolute atomic E-state index is 0.798. The van der Waals surface area contributed by atoms with Gasteiger partial charge in [0.25, 0.3) is 0 Å². The lowest BCUT2D eigenvalue weighted by Gasteiger charge is -2.17. The fourth-order valence-electron chi connectivity index (χ4n) is 2.20. The van der Waals surface area contributed by atoms with Gasteiger partial charge in [-0.15, -0.1) is 0 Å². The first-order valence-corrected chi connectivity index (χ1v) is 7.26. The number of hydrogen-bond donors (Lipinski definition) is 1. The van der Waals surface area contributed by atoms with Crippen LogP contribution in [0.5, 0.6) is 0 Å². The van der Waals surface area contributed by atoms with Crippen molar-refractivity contribution in [3.05, 3.63) is 47.3 Å². The predicted molar refractivity (Wildman–Crippen MR) is 79.3 cm³/mol. The molecule has 20 heavy (non-hydrogen) atoms. The molecular weight excluding hydrogens is 252 g/mol. The van der Waals surface area contributed by atoms with Crippen LogP contribution in [0.2, 0.25) is 0 Å². The van der Waals surface area contributed by atoms with Crippen LogP contribution in [0.4, 0.5) is 0 Å². The summed E-state index contributed by atoms with van der Waals surface area (Å²) in [5.41, 5.74) is 1.22. The lowest BCUT2D eigenvalue weighted by atomic mass is 10.2. The van der Waals surface area contributed by atoms with Crippen LogP contribution in [0.3, 0.4) is 0 Å². The van der Waals surface area contributed by atoms with Gasteiger partial charge in [-0.1, -0.05) is 13.8 Å². The fourth-order valence-corrected chi connectivity index (χ4v) is 2.20. The summed E-state index contributed by atoms with van der Waals surface area (Å²) in [4.78, 5) is 2.30. The Labute approximate surface area is 120 Å². The molecule has 2 rings (SSSR count). The average Bonchev–Trinajstić information content (AvgIpc) is 3.06. The number of furan rings is 2. The van der Waals surface area contributed by atoms with Gasteiger partial charge >= 0.3 is 0 Å². The second kappa shape index (κ2) is 7.31. The van der Waals surface area contributed by atoms with Gasteiger partial charge in [0.1, 0.15) is 17.3 Å². The van der Waals surface area contributed by atoms with E-state index in [-0.39, 0.29) is 0 Å². The molecule has 0 aliphatic heterocycles. The molecule has 2 aromatic rings. The molecule has 4 nitrogen and oxygen atoms in total. The molecule has 0 saturated heterocycles. The van der Waals surface area contributed by atoms with Crippen molar-refractivity contribution in [2.75, 3.05) is 13.1 Å². The molecular formula is C16H24N2O2. The van der Waals surface area contributed by atoms with E-state index in [1.807, 2.05) is 12.1 Å². The van der Waals surface area contributed by atoms with Gasteiger partial charge in [-0.05, 0) is 43.8 Å². The lowest BCUT2D eigenvalue weighted by molar-refractivity contribution is 0.226. The SMILES string of the molecule is CCNCc1oc(CN(CC)Cc2ccco2)cc1C. The van der Waals surface area contributed by atoms with Crippen molar-refractivity contribution in [3.8, 4) is 0 Å². The predicted octanol–water partition coefficient (Wildman–Crippen LogP) is 3.31. The zero-order valence-corrected chi connectivity index (χ0v) is 12.6. The molecule has 0 unspecified atom stereocenters. The second-order valence-corrected chi connectivity index (χ2v) is 4.98. The molecule has 0 saturated carbocycles. The first kappa shape index (κ1) is 14.9. The lowest BCUT2D eigenvalue weighted by Crippen LogP contribution is -2.21. The summed E-state index contributed by atoms with van der Waals surface area (Å²) in [7, 11) is 0. The maximum atomic E-state index is 5.93. The summed E-state index contributed by atoms with van der Waals surface area (Å²) < 4.78 is 11.3. The van der Waals surface area contributed by atoms with Gasteiger partial charge in [0, 0.05) is 0 Å². The molecule has 0 bridgehead atoms. The highest BCUT2D eigenvalue weighted by Crippen LogP contribution is 2.17. The monoisotopic (exact) mass is 276 g/mol. The standard InChI is InChI=1S/C16H24N2O2/c1-4-17-10-16-13(3)9-15(20-16)12-18(5-2)11-14-7-6-8-19-14/h6-9,17H,4-5,10-12H2,1-3H3. The molecule has 1 N–H and O–H groups in total. The topological polar surface area (TPSA) is 41.6 Å². The first-order valence-electron chi connectivity index (χ1n) is 7.26. The molecule has 0 atom stereocenters. The quantitative estimate of drug-likeness (QED) is 0.803. The van der Waals surface area contributed by atoms with Crippen molar-refractivity contribution in [2.24, 2.45) is 0 Å². The first-order chi connectivity index (χ1) is 9.72. The van der Waals surface area contributed by atoms with E-state index in [1.54, 1.807) is 6.26 Å². The second-order valence-electron chi connectivity index (χ2n) is 4.98. The third-order valence-electron chi connectivity index (χ3n) is 3.39. The Kier molecular flexibility index (Phi) is 5.44. The van der Waals surface area contributed by atoms with Gasteiger partial charge in [-0.2, -0.15) is 0 Å². The number of hydrogen-bond acceptors (Lipinski definition) is 4. The number of aryl methyl sites for hydroxylation is 1. The molecule has 0 aliphatic rings. The Balaban J connectivity index is 1.96. The number of rotatable bonds is 8. The highest BCUT2D eigenvalue weighted by molar-refractivity contribution is 5.20. The summed E-state index contributed by atoms with van der Waals surface area (Å²) in [5.74, 6) is 3.04. The van der Waals surface area contributed by atoms with E-state index in [2.05, 4.69) is 37.1 Å². The summed E-state index contributed by atoms with van der Waals surface area (Å²) in [6.07, 6.45) is 1.72. The van der Waals surface area contributed by atoms with Crippen LogP contribution in [0, 0.1) is 6.92 Å². The van der Waals surface area contributed by atoms with Crippen molar-refractivity contribution < 1.29 is 8.83 Å². The Morgan fingerprint density at radius 2 is 2.00 bits per heavy atom. The molecule has 2 heterocycles. The van der Waals surface area contributed by atoms with Crippen LogP contribution in [-0.4, -0.2) is 18.0 Å². The van der Waals surface area contributed by atoms with Crippen LogP contribution in [0.15, 0.2) is 33.3 Å². The summed E-state index contributed by atoms with van der Waals surface area (Å²) in [5, 5.41) is 3.30. The summed E-state index contributed by atoms with van der Waals surface area (Å²) >= 11 is 0. The zero-order valence-electron chi connectivity index (χ0n) is 12.6. The molecule has 110 valence electrons. The van der Waals surface area contributed by atoms with E-state index in [1.165, 1.54) is 5.56 Å². The summed E-state index contributed by atoms with van der Waals surface area (Å²) in [6.45, 7) is 10.7. The molecule has 0 aliphatic carbocycles. The molecule has 0 spiro atoms. The Bertz CT molecular complexity index is 503. The molecule has 2 aromatic heterocycles. The maximum absolute atomic E-state index is 5.93. The van der Waals surface area contributed by atoms with Gasteiger partial charge < -0.3 is 14.2 Å². The van der Waals surface area contributed by atoms with Crippen molar-refractivity contribution in [3.63, 3.8) is 0 Å². The van der Waals surface area contributed by atoms with E-state index in [4.69, 9.17) is 8.83 Å². The maximum Gasteiger partial charge on any atom is 0.120 e. The van der Waals surface area contributed by atoms with Crippen LogP contribution >= 0.6 is 0 Å². The van der Waals surface area contributed by atoms with Crippen LogP contribution in [-0.2, 0) is 19.6 Å². The minimum atomic E-state index is 0.798. The Morgan fingerprint density at radius 1 is 1.20 bits per heavy atom. The van der Waals surface area contributed by atoms with Crippen molar-refractivity contribution in [2.45, 2.75) is 40.4 Å². The fraction of sp³-hybridized carbons (Fsp3) is 0.500.